The van der Waals surface area contributed by atoms with E-state index in [9.17, 15) is 4.79 Å². The minimum atomic E-state index is -0.346. The van der Waals surface area contributed by atoms with E-state index in [1.54, 1.807) is 31.2 Å². The number of pyridine rings is 1. The topological polar surface area (TPSA) is 44.1 Å². The molecule has 0 atom stereocenters. The first-order valence-electron chi connectivity index (χ1n) is 8.78. The quantitative estimate of drug-likeness (QED) is 0.377. The van der Waals surface area contributed by atoms with Gasteiger partial charge in [0.15, 0.2) is 0 Å². The fourth-order valence-electron chi connectivity index (χ4n) is 3.06. The summed E-state index contributed by atoms with van der Waals surface area (Å²) in [5, 5.41) is 2.10. The predicted molar refractivity (Wildman–Crippen MR) is 112 cm³/mol. The van der Waals surface area contributed by atoms with Crippen molar-refractivity contribution < 1.29 is 9.53 Å². The highest BCUT2D eigenvalue weighted by atomic mass is 35.5. The molecule has 28 heavy (non-hydrogen) atoms. The van der Waals surface area contributed by atoms with Crippen molar-refractivity contribution in [1.29, 1.82) is 0 Å². The van der Waals surface area contributed by atoms with Gasteiger partial charge in [-0.25, -0.2) is 9.78 Å². The molecule has 2 heterocycles. The Morgan fingerprint density at radius 1 is 1.07 bits per heavy atom. The number of hydrogen-bond donors (Lipinski definition) is 0. The summed E-state index contributed by atoms with van der Waals surface area (Å²) < 4.78 is 7.01. The Kier molecular flexibility index (Phi) is 5.07. The number of halogens is 2. The van der Waals surface area contributed by atoms with Crippen LogP contribution in [0.5, 0.6) is 0 Å². The number of rotatable bonds is 4. The highest BCUT2D eigenvalue weighted by Crippen LogP contribution is 2.29. The molecule has 0 aliphatic rings. The van der Waals surface area contributed by atoms with Gasteiger partial charge < -0.3 is 4.74 Å². The zero-order chi connectivity index (χ0) is 19.7. The molecule has 0 unspecified atom stereocenters. The van der Waals surface area contributed by atoms with Gasteiger partial charge in [0.05, 0.1) is 28.6 Å². The zero-order valence-corrected chi connectivity index (χ0v) is 16.5. The molecular weight excluding hydrogens is 395 g/mol. The maximum atomic E-state index is 12.0. The molecule has 0 saturated heterocycles. The molecule has 6 heteroatoms. The molecule has 0 fully saturated rings. The summed E-state index contributed by atoms with van der Waals surface area (Å²) in [5.41, 5.74) is 3.65. The maximum Gasteiger partial charge on any atom is 0.338 e. The van der Waals surface area contributed by atoms with Crippen molar-refractivity contribution in [3.05, 3.63) is 82.5 Å². The summed E-state index contributed by atoms with van der Waals surface area (Å²) in [7, 11) is 0. The lowest BCUT2D eigenvalue weighted by Crippen LogP contribution is -2.04. The lowest BCUT2D eigenvalue weighted by molar-refractivity contribution is 0.0526. The van der Waals surface area contributed by atoms with Crippen LogP contribution < -0.4 is 0 Å². The summed E-state index contributed by atoms with van der Waals surface area (Å²) in [6.07, 6.45) is 1.92. The summed E-state index contributed by atoms with van der Waals surface area (Å²) in [5.74, 6) is -0.346. The van der Waals surface area contributed by atoms with Crippen LogP contribution in [0.4, 0.5) is 0 Å². The normalized spacial score (nSPS) is 11.0. The fraction of sp³-hybridized carbons (Fsp3) is 0.0909. The minimum absolute atomic E-state index is 0.336. The summed E-state index contributed by atoms with van der Waals surface area (Å²) in [6, 6.07) is 18.5. The van der Waals surface area contributed by atoms with Crippen molar-refractivity contribution in [2.24, 2.45) is 0 Å². The van der Waals surface area contributed by atoms with Crippen molar-refractivity contribution in [1.82, 2.24) is 9.55 Å². The van der Waals surface area contributed by atoms with Crippen LogP contribution in [0.2, 0.25) is 10.0 Å². The Morgan fingerprint density at radius 3 is 2.71 bits per heavy atom. The molecule has 140 valence electrons. The van der Waals surface area contributed by atoms with Crippen LogP contribution in [0.1, 0.15) is 17.3 Å². The molecule has 4 rings (SSSR count). The number of esters is 1. The van der Waals surface area contributed by atoms with Crippen molar-refractivity contribution in [3.63, 3.8) is 0 Å². The van der Waals surface area contributed by atoms with E-state index >= 15 is 0 Å². The third kappa shape index (κ3) is 3.49. The number of fused-ring (bicyclic) bond motifs is 1. The van der Waals surface area contributed by atoms with Gasteiger partial charge in [-0.2, -0.15) is 0 Å². The summed E-state index contributed by atoms with van der Waals surface area (Å²) in [6.45, 7) is 2.12. The van der Waals surface area contributed by atoms with Crippen LogP contribution in [-0.2, 0) is 4.74 Å². The Hall–Kier alpha value is -2.82. The van der Waals surface area contributed by atoms with Gasteiger partial charge in [0.2, 0.25) is 0 Å². The number of benzene rings is 2. The van der Waals surface area contributed by atoms with Gasteiger partial charge in [0, 0.05) is 22.2 Å². The van der Waals surface area contributed by atoms with E-state index in [1.807, 2.05) is 47.2 Å². The number of ether oxygens (including phenoxy) is 1. The molecule has 0 radical (unpaired) electrons. The Morgan fingerprint density at radius 2 is 1.93 bits per heavy atom. The van der Waals surface area contributed by atoms with E-state index in [1.165, 1.54) is 0 Å². The zero-order valence-electron chi connectivity index (χ0n) is 15.0. The second kappa shape index (κ2) is 7.66. The fourth-order valence-corrected chi connectivity index (χ4v) is 3.56. The van der Waals surface area contributed by atoms with E-state index in [2.05, 4.69) is 0 Å². The van der Waals surface area contributed by atoms with E-state index in [-0.39, 0.29) is 5.97 Å². The van der Waals surface area contributed by atoms with Crippen LogP contribution >= 0.6 is 23.2 Å². The largest absolute Gasteiger partial charge is 0.462 e. The number of nitrogens with zero attached hydrogens (tertiary/aromatic N) is 2. The second-order valence-corrected chi connectivity index (χ2v) is 7.04. The first-order valence-corrected chi connectivity index (χ1v) is 9.53. The van der Waals surface area contributed by atoms with Crippen molar-refractivity contribution >= 4 is 40.2 Å². The Balaban J connectivity index is 1.80. The van der Waals surface area contributed by atoms with Crippen LogP contribution in [-0.4, -0.2) is 22.1 Å². The molecule has 0 saturated carbocycles. The molecule has 4 aromatic rings. The predicted octanol–water partition coefficient (Wildman–Crippen LogP) is 6.18. The Bertz CT molecular complexity index is 1180. The van der Waals surface area contributed by atoms with E-state index in [4.69, 9.17) is 32.9 Å². The number of hydrogen-bond acceptors (Lipinski definition) is 3. The second-order valence-electron chi connectivity index (χ2n) is 6.19. The van der Waals surface area contributed by atoms with Gasteiger partial charge in [-0.05, 0) is 55.5 Å². The van der Waals surface area contributed by atoms with Gasteiger partial charge in [-0.3, -0.25) is 4.57 Å². The summed E-state index contributed by atoms with van der Waals surface area (Å²) >= 11 is 12.4. The van der Waals surface area contributed by atoms with Crippen LogP contribution in [0, 0.1) is 0 Å². The van der Waals surface area contributed by atoms with Crippen LogP contribution in [0.15, 0.2) is 66.9 Å². The number of carbonyl (C=O) groups excluding carboxylic acids is 1. The molecule has 0 spiro atoms. The third-order valence-electron chi connectivity index (χ3n) is 4.38. The van der Waals surface area contributed by atoms with E-state index in [0.717, 1.165) is 28.0 Å². The Labute approximate surface area is 172 Å². The van der Waals surface area contributed by atoms with Crippen molar-refractivity contribution in [2.45, 2.75) is 6.92 Å². The molecule has 0 bridgehead atoms. The highest BCUT2D eigenvalue weighted by Gasteiger charge is 2.12. The molecule has 0 aliphatic heterocycles. The number of carbonyl (C=O) groups is 1. The van der Waals surface area contributed by atoms with Gasteiger partial charge in [0.1, 0.15) is 5.65 Å². The standard InChI is InChI=1S/C22H16Cl2N2O2/c1-2-28-22(27)16-5-3-4-15(12-16)19-8-6-14-10-11-26(21(14)25-19)20-9-7-17(23)13-18(20)24/h3-13H,2H2,1H3. The molecular formula is C22H16Cl2N2O2. The molecule has 0 N–H and O–H groups in total. The SMILES string of the molecule is CCOC(=O)c1cccc(-c2ccc3ccn(-c4ccc(Cl)cc4Cl)c3n2)c1. The van der Waals surface area contributed by atoms with E-state index < -0.39 is 0 Å². The lowest BCUT2D eigenvalue weighted by Gasteiger charge is -2.09. The van der Waals surface area contributed by atoms with Gasteiger partial charge >= 0.3 is 5.97 Å². The van der Waals surface area contributed by atoms with Gasteiger partial charge in [-0.1, -0.05) is 35.3 Å². The van der Waals surface area contributed by atoms with E-state index in [0.29, 0.717) is 22.2 Å². The maximum absolute atomic E-state index is 12.0. The molecule has 0 aliphatic carbocycles. The molecule has 2 aromatic heterocycles. The molecule has 4 nitrogen and oxygen atoms in total. The lowest BCUT2D eigenvalue weighted by atomic mass is 10.1. The van der Waals surface area contributed by atoms with Gasteiger partial charge in [0.25, 0.3) is 0 Å². The average Bonchev–Trinajstić information content (AvgIpc) is 3.11. The third-order valence-corrected chi connectivity index (χ3v) is 4.91. The smallest absolute Gasteiger partial charge is 0.338 e. The number of aromatic nitrogens is 2. The van der Waals surface area contributed by atoms with Gasteiger partial charge in [-0.15, -0.1) is 0 Å². The average molecular weight is 411 g/mol. The molecule has 2 aromatic carbocycles. The monoisotopic (exact) mass is 410 g/mol. The summed E-state index contributed by atoms with van der Waals surface area (Å²) in [4.78, 5) is 16.8. The van der Waals surface area contributed by atoms with Crippen LogP contribution in [0.3, 0.4) is 0 Å². The molecule has 0 amide bonds. The highest BCUT2D eigenvalue weighted by molar-refractivity contribution is 6.35. The van der Waals surface area contributed by atoms with Crippen molar-refractivity contribution in [3.8, 4) is 16.9 Å². The first-order chi connectivity index (χ1) is 13.6. The first kappa shape index (κ1) is 18.5. The van der Waals surface area contributed by atoms with Crippen LogP contribution in [0.25, 0.3) is 28.0 Å². The van der Waals surface area contributed by atoms with Crippen molar-refractivity contribution in [2.75, 3.05) is 6.61 Å². The minimum Gasteiger partial charge on any atom is -0.462 e.